The van der Waals surface area contributed by atoms with Crippen LogP contribution in [0.1, 0.15) is 52.5 Å². The molecule has 2 nitrogen and oxygen atoms in total. The average Bonchev–Trinajstić information content (AvgIpc) is 2.53. The number of allylic oxidation sites excluding steroid dienone is 2. The molecule has 0 fully saturated rings. The molecule has 22 heavy (non-hydrogen) atoms. The van der Waals surface area contributed by atoms with Gasteiger partial charge in [-0.25, -0.2) is 0 Å². The Labute approximate surface area is 135 Å². The minimum absolute atomic E-state index is 0.0763. The van der Waals surface area contributed by atoms with Gasteiger partial charge in [-0.15, -0.1) is 0 Å². The molecule has 0 spiro atoms. The third-order valence-corrected chi connectivity index (χ3v) is 3.53. The van der Waals surface area contributed by atoms with E-state index in [0.29, 0.717) is 19.1 Å². The Balaban J connectivity index is 3.00. The molecule has 1 aromatic carbocycles. The fraction of sp³-hybridized carbons (Fsp3) is 0.500. The van der Waals surface area contributed by atoms with E-state index < -0.39 is 0 Å². The van der Waals surface area contributed by atoms with E-state index in [1.807, 2.05) is 26.0 Å². The topological polar surface area (TPSA) is 18.5 Å². The number of hydrogen-bond acceptors (Lipinski definition) is 2. The van der Waals surface area contributed by atoms with Crippen molar-refractivity contribution in [3.05, 3.63) is 53.6 Å². The third kappa shape index (κ3) is 5.69. The maximum Gasteiger partial charge on any atom is 0.147 e. The number of rotatable bonds is 9. The summed E-state index contributed by atoms with van der Waals surface area (Å²) in [6, 6.07) is 8.27. The molecule has 1 rings (SSSR count). The van der Waals surface area contributed by atoms with Gasteiger partial charge in [0.1, 0.15) is 11.9 Å². The van der Waals surface area contributed by atoms with E-state index in [4.69, 9.17) is 9.47 Å². The zero-order chi connectivity index (χ0) is 16.4. The summed E-state index contributed by atoms with van der Waals surface area (Å²) in [5, 5.41) is 0. The second kappa shape index (κ2) is 10.2. The van der Waals surface area contributed by atoms with Gasteiger partial charge in [-0.2, -0.15) is 0 Å². The van der Waals surface area contributed by atoms with E-state index in [0.717, 1.165) is 17.7 Å². The Bertz CT molecular complexity index is 486. The zero-order valence-corrected chi connectivity index (χ0v) is 14.6. The standard InChI is InChI=1S/C20H30O2/c1-6-9-12-17(7-2)20(15-21-8-3)22-19-14-11-10-13-18(19)16(4)5/h7,9-14,16,20H,6,8,15H2,1-5H3/b12-9-,17-7+/t20-/m1/s1. The quantitative estimate of drug-likeness (QED) is 0.560. The van der Waals surface area contributed by atoms with Crippen LogP contribution in [0.15, 0.2) is 48.1 Å². The summed E-state index contributed by atoms with van der Waals surface area (Å²) in [4.78, 5) is 0. The van der Waals surface area contributed by atoms with Crippen molar-refractivity contribution in [3.63, 3.8) is 0 Å². The molecule has 0 radical (unpaired) electrons. The van der Waals surface area contributed by atoms with Crippen molar-refractivity contribution < 1.29 is 9.47 Å². The Morgan fingerprint density at radius 3 is 2.50 bits per heavy atom. The van der Waals surface area contributed by atoms with E-state index in [1.54, 1.807) is 0 Å². The largest absolute Gasteiger partial charge is 0.483 e. The lowest BCUT2D eigenvalue weighted by molar-refractivity contribution is 0.0743. The first kappa shape index (κ1) is 18.5. The predicted molar refractivity (Wildman–Crippen MR) is 94.6 cm³/mol. The molecule has 0 bridgehead atoms. The summed E-state index contributed by atoms with van der Waals surface area (Å²) in [5.74, 6) is 1.38. The fourth-order valence-corrected chi connectivity index (χ4v) is 2.28. The van der Waals surface area contributed by atoms with Crippen LogP contribution in [-0.2, 0) is 4.74 Å². The van der Waals surface area contributed by atoms with E-state index in [9.17, 15) is 0 Å². The molecule has 0 aliphatic heterocycles. The first-order chi connectivity index (χ1) is 10.6. The van der Waals surface area contributed by atoms with E-state index in [2.05, 4.69) is 51.1 Å². The van der Waals surface area contributed by atoms with Gasteiger partial charge < -0.3 is 9.47 Å². The van der Waals surface area contributed by atoms with Crippen molar-refractivity contribution in [2.75, 3.05) is 13.2 Å². The Hall–Kier alpha value is -1.54. The second-order valence-corrected chi connectivity index (χ2v) is 5.56. The molecule has 1 atom stereocenters. The Morgan fingerprint density at radius 2 is 1.91 bits per heavy atom. The maximum absolute atomic E-state index is 6.31. The SMILES string of the molecule is C/C=C(\C=C/CC)[C@@H](COCC)Oc1ccccc1C(C)C. The monoisotopic (exact) mass is 302 g/mol. The molecule has 0 unspecified atom stereocenters. The van der Waals surface area contributed by atoms with Crippen molar-refractivity contribution in [3.8, 4) is 5.75 Å². The van der Waals surface area contributed by atoms with Gasteiger partial charge in [-0.05, 0) is 43.4 Å². The maximum atomic E-state index is 6.31. The lowest BCUT2D eigenvalue weighted by Crippen LogP contribution is -2.25. The number of ether oxygens (including phenoxy) is 2. The van der Waals surface area contributed by atoms with Crippen LogP contribution in [0.4, 0.5) is 0 Å². The van der Waals surface area contributed by atoms with Crippen LogP contribution in [0.3, 0.4) is 0 Å². The van der Waals surface area contributed by atoms with Crippen LogP contribution < -0.4 is 4.74 Å². The van der Waals surface area contributed by atoms with Crippen LogP contribution >= 0.6 is 0 Å². The summed E-state index contributed by atoms with van der Waals surface area (Å²) in [7, 11) is 0. The summed E-state index contributed by atoms with van der Waals surface area (Å²) in [5.41, 5.74) is 2.40. The highest BCUT2D eigenvalue weighted by Gasteiger charge is 2.17. The van der Waals surface area contributed by atoms with Crippen molar-refractivity contribution in [2.45, 2.75) is 53.1 Å². The van der Waals surface area contributed by atoms with Gasteiger partial charge in [-0.1, -0.05) is 57.2 Å². The first-order valence-electron chi connectivity index (χ1n) is 8.30. The molecule has 122 valence electrons. The van der Waals surface area contributed by atoms with Gasteiger partial charge in [0.15, 0.2) is 0 Å². The first-order valence-corrected chi connectivity index (χ1v) is 8.30. The van der Waals surface area contributed by atoms with Crippen LogP contribution in [-0.4, -0.2) is 19.3 Å². The minimum Gasteiger partial charge on any atom is -0.483 e. The fourth-order valence-electron chi connectivity index (χ4n) is 2.28. The normalized spacial score (nSPS) is 13.8. The van der Waals surface area contributed by atoms with Gasteiger partial charge in [-0.3, -0.25) is 0 Å². The summed E-state index contributed by atoms with van der Waals surface area (Å²) < 4.78 is 11.9. The Morgan fingerprint density at radius 1 is 1.18 bits per heavy atom. The highest BCUT2D eigenvalue weighted by molar-refractivity contribution is 5.37. The highest BCUT2D eigenvalue weighted by Crippen LogP contribution is 2.28. The number of hydrogen-bond donors (Lipinski definition) is 0. The molecule has 2 heteroatoms. The van der Waals surface area contributed by atoms with Crippen molar-refractivity contribution in [1.82, 2.24) is 0 Å². The number of benzene rings is 1. The molecule has 0 aliphatic carbocycles. The van der Waals surface area contributed by atoms with Gasteiger partial charge in [0.25, 0.3) is 0 Å². The minimum atomic E-state index is -0.0763. The second-order valence-electron chi connectivity index (χ2n) is 5.56. The van der Waals surface area contributed by atoms with Crippen LogP contribution in [0.5, 0.6) is 5.75 Å². The van der Waals surface area contributed by atoms with Crippen molar-refractivity contribution in [1.29, 1.82) is 0 Å². The van der Waals surface area contributed by atoms with Crippen LogP contribution in [0.2, 0.25) is 0 Å². The number of para-hydroxylation sites is 1. The van der Waals surface area contributed by atoms with Gasteiger partial charge in [0, 0.05) is 6.61 Å². The molecule has 0 saturated heterocycles. The van der Waals surface area contributed by atoms with E-state index in [-0.39, 0.29) is 6.10 Å². The van der Waals surface area contributed by atoms with Crippen molar-refractivity contribution in [2.24, 2.45) is 0 Å². The van der Waals surface area contributed by atoms with Crippen LogP contribution in [0.25, 0.3) is 0 Å². The molecule has 0 N–H and O–H groups in total. The third-order valence-electron chi connectivity index (χ3n) is 3.53. The molecule has 0 heterocycles. The average molecular weight is 302 g/mol. The summed E-state index contributed by atoms with van der Waals surface area (Å²) >= 11 is 0. The zero-order valence-electron chi connectivity index (χ0n) is 14.6. The smallest absolute Gasteiger partial charge is 0.147 e. The lowest BCUT2D eigenvalue weighted by Gasteiger charge is -2.23. The van der Waals surface area contributed by atoms with Gasteiger partial charge in [0.2, 0.25) is 0 Å². The van der Waals surface area contributed by atoms with Crippen LogP contribution in [0, 0.1) is 0 Å². The summed E-state index contributed by atoms with van der Waals surface area (Å²) in [6.45, 7) is 11.8. The van der Waals surface area contributed by atoms with E-state index >= 15 is 0 Å². The lowest BCUT2D eigenvalue weighted by atomic mass is 10.0. The summed E-state index contributed by atoms with van der Waals surface area (Å²) in [6.07, 6.45) is 7.34. The van der Waals surface area contributed by atoms with Gasteiger partial charge >= 0.3 is 0 Å². The van der Waals surface area contributed by atoms with Crippen molar-refractivity contribution >= 4 is 0 Å². The molecule has 0 amide bonds. The molecular weight excluding hydrogens is 272 g/mol. The van der Waals surface area contributed by atoms with E-state index in [1.165, 1.54) is 5.56 Å². The molecular formula is C20H30O2. The molecule has 0 aliphatic rings. The molecule has 0 saturated carbocycles. The molecule has 0 aromatic heterocycles. The predicted octanol–water partition coefficient (Wildman–Crippen LogP) is 5.51. The highest BCUT2D eigenvalue weighted by atomic mass is 16.5. The molecule has 1 aromatic rings. The Kier molecular flexibility index (Phi) is 8.61. The van der Waals surface area contributed by atoms with Gasteiger partial charge in [0.05, 0.1) is 6.61 Å².